The summed E-state index contributed by atoms with van der Waals surface area (Å²) in [6.07, 6.45) is 3.31. The van der Waals surface area contributed by atoms with Crippen molar-refractivity contribution in [3.8, 4) is 0 Å². The van der Waals surface area contributed by atoms with E-state index in [2.05, 4.69) is 26.6 Å². The predicted octanol–water partition coefficient (Wildman–Crippen LogP) is 3.75. The largest absolute Gasteiger partial charge is 0.381 e. The van der Waals surface area contributed by atoms with Gasteiger partial charge in [0.2, 0.25) is 5.91 Å². The topological polar surface area (TPSA) is 67.4 Å². The summed E-state index contributed by atoms with van der Waals surface area (Å²) in [6.45, 7) is 3.07. The Morgan fingerprint density at radius 3 is 2.58 bits per heavy atom. The van der Waals surface area contributed by atoms with Gasteiger partial charge in [0.15, 0.2) is 0 Å². The Morgan fingerprint density at radius 2 is 1.96 bits per heavy atom. The molecule has 0 radical (unpaired) electrons. The first kappa shape index (κ1) is 17.7. The molecule has 2 aliphatic rings. The molecule has 130 valence electrons. The second-order valence-corrected chi connectivity index (χ2v) is 7.98. The SMILES string of the molecule is CC1(C(=O)Nc2c(Br)cc(Cl)cc2C(=O)NC2CC2)CCOCC1. The first-order chi connectivity index (χ1) is 11.4. The van der Waals surface area contributed by atoms with Gasteiger partial charge in [-0.25, -0.2) is 0 Å². The second kappa shape index (κ2) is 7.02. The number of nitrogens with one attached hydrogen (secondary N) is 2. The number of ether oxygens (including phenoxy) is 1. The van der Waals surface area contributed by atoms with Crippen LogP contribution in [0.4, 0.5) is 5.69 Å². The molecule has 1 aromatic carbocycles. The molecule has 1 aromatic rings. The van der Waals surface area contributed by atoms with E-state index < -0.39 is 5.41 Å². The van der Waals surface area contributed by atoms with Gasteiger partial charge in [-0.1, -0.05) is 18.5 Å². The van der Waals surface area contributed by atoms with Crippen molar-refractivity contribution in [1.29, 1.82) is 0 Å². The van der Waals surface area contributed by atoms with Crippen LogP contribution in [-0.2, 0) is 9.53 Å². The van der Waals surface area contributed by atoms with Crippen molar-refractivity contribution < 1.29 is 14.3 Å². The van der Waals surface area contributed by atoms with E-state index in [1.54, 1.807) is 12.1 Å². The molecule has 0 spiro atoms. The van der Waals surface area contributed by atoms with Gasteiger partial charge in [-0.3, -0.25) is 9.59 Å². The molecule has 24 heavy (non-hydrogen) atoms. The molecule has 7 heteroatoms. The fourth-order valence-electron chi connectivity index (χ4n) is 2.68. The van der Waals surface area contributed by atoms with E-state index in [-0.39, 0.29) is 17.9 Å². The van der Waals surface area contributed by atoms with Crippen molar-refractivity contribution in [2.45, 2.75) is 38.6 Å². The molecule has 2 N–H and O–H groups in total. The molecule has 1 aliphatic heterocycles. The van der Waals surface area contributed by atoms with E-state index >= 15 is 0 Å². The van der Waals surface area contributed by atoms with Crippen LogP contribution in [0, 0.1) is 5.41 Å². The van der Waals surface area contributed by atoms with Crippen LogP contribution in [0.3, 0.4) is 0 Å². The van der Waals surface area contributed by atoms with Gasteiger partial charge in [0.25, 0.3) is 5.91 Å². The lowest BCUT2D eigenvalue weighted by Gasteiger charge is -2.32. The van der Waals surface area contributed by atoms with Crippen LogP contribution in [0.2, 0.25) is 5.02 Å². The van der Waals surface area contributed by atoms with Gasteiger partial charge in [0, 0.05) is 28.8 Å². The lowest BCUT2D eigenvalue weighted by molar-refractivity contribution is -0.129. The summed E-state index contributed by atoms with van der Waals surface area (Å²) >= 11 is 9.51. The Morgan fingerprint density at radius 1 is 1.29 bits per heavy atom. The van der Waals surface area contributed by atoms with Crippen molar-refractivity contribution in [2.75, 3.05) is 18.5 Å². The summed E-state index contributed by atoms with van der Waals surface area (Å²) in [4.78, 5) is 25.3. The molecule has 2 amide bonds. The number of rotatable bonds is 4. The fourth-order valence-corrected chi connectivity index (χ4v) is 3.59. The molecule has 1 aliphatic carbocycles. The zero-order valence-electron chi connectivity index (χ0n) is 13.5. The molecule has 5 nitrogen and oxygen atoms in total. The molecule has 1 saturated carbocycles. The molecule has 2 fully saturated rings. The molecular weight excluding hydrogens is 396 g/mol. The van der Waals surface area contributed by atoms with Crippen LogP contribution in [0.1, 0.15) is 43.0 Å². The summed E-state index contributed by atoms with van der Waals surface area (Å²) in [6, 6.07) is 3.50. The van der Waals surface area contributed by atoms with Crippen molar-refractivity contribution in [1.82, 2.24) is 5.32 Å². The number of benzene rings is 1. The van der Waals surface area contributed by atoms with E-state index in [9.17, 15) is 9.59 Å². The Kier molecular flexibility index (Phi) is 5.18. The smallest absolute Gasteiger partial charge is 0.253 e. The maximum Gasteiger partial charge on any atom is 0.253 e. The second-order valence-electron chi connectivity index (χ2n) is 6.69. The summed E-state index contributed by atoms with van der Waals surface area (Å²) in [5.41, 5.74) is 0.349. The zero-order valence-corrected chi connectivity index (χ0v) is 15.8. The number of anilines is 1. The van der Waals surface area contributed by atoms with E-state index in [0.29, 0.717) is 46.8 Å². The van der Waals surface area contributed by atoms with Gasteiger partial charge in [-0.2, -0.15) is 0 Å². The van der Waals surface area contributed by atoms with Crippen LogP contribution in [0.5, 0.6) is 0 Å². The van der Waals surface area contributed by atoms with Gasteiger partial charge in [-0.15, -0.1) is 0 Å². The number of amides is 2. The summed E-state index contributed by atoms with van der Waals surface area (Å²) in [5, 5.41) is 6.31. The third-order valence-electron chi connectivity index (χ3n) is 4.60. The van der Waals surface area contributed by atoms with E-state index in [1.807, 2.05) is 6.92 Å². The molecule has 0 unspecified atom stereocenters. The first-order valence-corrected chi connectivity index (χ1v) is 9.25. The van der Waals surface area contributed by atoms with Crippen LogP contribution in [0.25, 0.3) is 0 Å². The highest BCUT2D eigenvalue weighted by Crippen LogP contribution is 2.35. The lowest BCUT2D eigenvalue weighted by atomic mass is 9.81. The minimum atomic E-state index is -0.498. The Bertz CT molecular complexity index is 670. The minimum absolute atomic E-state index is 0.103. The standard InChI is InChI=1S/C17H20BrClN2O3/c1-17(4-6-24-7-5-17)16(23)21-14-12(8-10(19)9-13(14)18)15(22)20-11-2-3-11/h8-9,11H,2-7H2,1H3,(H,20,22)(H,21,23). The van der Waals surface area contributed by atoms with Crippen molar-refractivity contribution in [3.63, 3.8) is 0 Å². The predicted molar refractivity (Wildman–Crippen MR) is 96.4 cm³/mol. The molecule has 0 aromatic heterocycles. The highest BCUT2D eigenvalue weighted by atomic mass is 79.9. The lowest BCUT2D eigenvalue weighted by Crippen LogP contribution is -2.39. The monoisotopic (exact) mass is 414 g/mol. The number of hydrogen-bond donors (Lipinski definition) is 2. The summed E-state index contributed by atoms with van der Waals surface area (Å²) < 4.78 is 5.94. The zero-order chi connectivity index (χ0) is 17.3. The highest BCUT2D eigenvalue weighted by Gasteiger charge is 2.36. The van der Waals surface area contributed by atoms with Gasteiger partial charge < -0.3 is 15.4 Å². The summed E-state index contributed by atoms with van der Waals surface area (Å²) in [7, 11) is 0. The molecule has 3 rings (SSSR count). The van der Waals surface area contributed by atoms with Crippen LogP contribution < -0.4 is 10.6 Å². The number of carbonyl (C=O) groups is 2. The quantitative estimate of drug-likeness (QED) is 0.787. The van der Waals surface area contributed by atoms with E-state index in [0.717, 1.165) is 12.8 Å². The molecular formula is C17H20BrClN2O3. The fraction of sp³-hybridized carbons (Fsp3) is 0.529. The van der Waals surface area contributed by atoms with E-state index in [4.69, 9.17) is 16.3 Å². The Balaban J connectivity index is 1.85. The van der Waals surface area contributed by atoms with Crippen molar-refractivity contribution in [2.24, 2.45) is 5.41 Å². The van der Waals surface area contributed by atoms with E-state index in [1.165, 1.54) is 0 Å². The molecule has 0 bridgehead atoms. The third-order valence-corrected chi connectivity index (χ3v) is 5.44. The molecule has 1 saturated heterocycles. The first-order valence-electron chi connectivity index (χ1n) is 8.08. The van der Waals surface area contributed by atoms with Crippen LogP contribution in [0.15, 0.2) is 16.6 Å². The molecule has 0 atom stereocenters. The average Bonchev–Trinajstić information content (AvgIpc) is 3.34. The maximum absolute atomic E-state index is 12.8. The third kappa shape index (κ3) is 3.92. The number of halogens is 2. The van der Waals surface area contributed by atoms with Crippen LogP contribution >= 0.6 is 27.5 Å². The van der Waals surface area contributed by atoms with Crippen molar-refractivity contribution >= 4 is 45.0 Å². The number of hydrogen-bond acceptors (Lipinski definition) is 3. The maximum atomic E-state index is 12.8. The van der Waals surface area contributed by atoms with Crippen LogP contribution in [-0.4, -0.2) is 31.1 Å². The summed E-state index contributed by atoms with van der Waals surface area (Å²) in [5.74, 6) is -0.317. The van der Waals surface area contributed by atoms with Gasteiger partial charge in [0.05, 0.1) is 16.7 Å². The average molecular weight is 416 g/mol. The molecule has 1 heterocycles. The number of carbonyl (C=O) groups excluding carboxylic acids is 2. The minimum Gasteiger partial charge on any atom is -0.381 e. The Labute approximate surface area is 154 Å². The van der Waals surface area contributed by atoms with Gasteiger partial charge in [0.1, 0.15) is 0 Å². The van der Waals surface area contributed by atoms with Crippen molar-refractivity contribution in [3.05, 3.63) is 27.2 Å². The Hall–Kier alpha value is -1.11. The van der Waals surface area contributed by atoms with Gasteiger partial charge >= 0.3 is 0 Å². The van der Waals surface area contributed by atoms with Gasteiger partial charge in [-0.05, 0) is 53.7 Å². The normalized spacial score (nSPS) is 19.6. The highest BCUT2D eigenvalue weighted by molar-refractivity contribution is 9.10.